The van der Waals surface area contributed by atoms with E-state index >= 15 is 0 Å². The zero-order valence-electron chi connectivity index (χ0n) is 18.6. The molecule has 1 aliphatic rings. The van der Waals surface area contributed by atoms with E-state index in [-0.39, 0.29) is 46.0 Å². The number of cyclic esters (lactones) is 1. The smallest absolute Gasteiger partial charge is 0.363 e. The number of ether oxygens (including phenoxy) is 3. The Labute approximate surface area is 214 Å². The quantitative estimate of drug-likeness (QED) is 0.124. The Morgan fingerprint density at radius 2 is 1.83 bits per heavy atom. The number of benzene rings is 3. The Kier molecular flexibility index (Phi) is 7.33. The molecule has 1 aliphatic heterocycles. The number of aliphatic imine (C=N–C) groups is 1. The third kappa shape index (κ3) is 5.54. The number of rotatable bonds is 7. The predicted octanol–water partition coefficient (Wildman–Crippen LogP) is 5.86. The summed E-state index contributed by atoms with van der Waals surface area (Å²) < 4.78 is 16.3. The van der Waals surface area contributed by atoms with Crippen molar-refractivity contribution in [2.24, 2.45) is 4.99 Å². The first-order valence-corrected chi connectivity index (χ1v) is 11.2. The highest BCUT2D eigenvalue weighted by Gasteiger charge is 2.25. The van der Waals surface area contributed by atoms with Crippen LogP contribution in [-0.4, -0.2) is 29.4 Å². The highest BCUT2D eigenvalue weighted by atomic mass is 35.5. The van der Waals surface area contributed by atoms with Gasteiger partial charge in [0.05, 0.1) is 22.1 Å². The van der Waals surface area contributed by atoms with Crippen LogP contribution in [0.25, 0.3) is 6.08 Å². The van der Waals surface area contributed by atoms with Gasteiger partial charge in [-0.3, -0.25) is 10.1 Å². The van der Waals surface area contributed by atoms with Crippen molar-refractivity contribution in [1.29, 1.82) is 0 Å². The second-order valence-corrected chi connectivity index (χ2v) is 8.14. The van der Waals surface area contributed by atoms with E-state index in [2.05, 4.69) is 4.99 Å². The summed E-state index contributed by atoms with van der Waals surface area (Å²) in [7, 11) is 0. The van der Waals surface area contributed by atoms with Gasteiger partial charge in [0.1, 0.15) is 0 Å². The fourth-order valence-corrected chi connectivity index (χ4v) is 3.68. The number of carbonyl (C=O) groups excluding carboxylic acids is 2. The monoisotopic (exact) mass is 526 g/mol. The highest BCUT2D eigenvalue weighted by Crippen LogP contribution is 2.32. The maximum absolute atomic E-state index is 12.6. The summed E-state index contributed by atoms with van der Waals surface area (Å²) in [6.45, 7) is 2.05. The fourth-order valence-electron chi connectivity index (χ4n) is 3.19. The van der Waals surface area contributed by atoms with Gasteiger partial charge in [0.15, 0.2) is 17.2 Å². The number of non-ortho nitro benzene ring substituents is 1. The molecule has 3 aromatic rings. The largest absolute Gasteiger partial charge is 0.490 e. The summed E-state index contributed by atoms with van der Waals surface area (Å²) in [5.74, 6) is -0.943. The van der Waals surface area contributed by atoms with Gasteiger partial charge in [0.25, 0.3) is 5.69 Å². The van der Waals surface area contributed by atoms with E-state index in [1.54, 1.807) is 19.1 Å². The van der Waals surface area contributed by atoms with E-state index in [1.807, 2.05) is 0 Å². The molecule has 1 heterocycles. The molecule has 0 bridgehead atoms. The topological polar surface area (TPSA) is 117 Å². The van der Waals surface area contributed by atoms with Crippen LogP contribution in [0.5, 0.6) is 11.5 Å². The van der Waals surface area contributed by atoms with Crippen LogP contribution >= 0.6 is 23.2 Å². The molecule has 4 rings (SSSR count). The van der Waals surface area contributed by atoms with Gasteiger partial charge in [-0.2, -0.15) is 0 Å². The van der Waals surface area contributed by atoms with E-state index in [1.165, 1.54) is 54.6 Å². The third-order valence-corrected chi connectivity index (χ3v) is 5.42. The molecule has 0 radical (unpaired) electrons. The molecule has 11 heteroatoms. The van der Waals surface area contributed by atoms with Crippen molar-refractivity contribution in [3.8, 4) is 11.5 Å². The second-order valence-electron chi connectivity index (χ2n) is 7.29. The zero-order chi connectivity index (χ0) is 25.8. The van der Waals surface area contributed by atoms with Crippen molar-refractivity contribution < 1.29 is 28.7 Å². The van der Waals surface area contributed by atoms with Gasteiger partial charge >= 0.3 is 11.9 Å². The predicted molar refractivity (Wildman–Crippen MR) is 133 cm³/mol. The first kappa shape index (κ1) is 24.9. The minimum Gasteiger partial charge on any atom is -0.490 e. The van der Waals surface area contributed by atoms with Gasteiger partial charge < -0.3 is 14.2 Å². The number of carbonyl (C=O) groups is 2. The number of halogens is 2. The van der Waals surface area contributed by atoms with Crippen molar-refractivity contribution in [1.82, 2.24) is 0 Å². The highest BCUT2D eigenvalue weighted by molar-refractivity contribution is 6.36. The molecule has 0 N–H and O–H groups in total. The van der Waals surface area contributed by atoms with Crippen molar-refractivity contribution in [3.05, 3.63) is 103 Å². The summed E-state index contributed by atoms with van der Waals surface area (Å²) in [6.07, 6.45) is 1.48. The van der Waals surface area contributed by atoms with E-state index < -0.39 is 16.9 Å². The van der Waals surface area contributed by atoms with Gasteiger partial charge in [-0.15, -0.1) is 0 Å². The van der Waals surface area contributed by atoms with Gasteiger partial charge in [-0.1, -0.05) is 29.3 Å². The zero-order valence-corrected chi connectivity index (χ0v) is 20.1. The molecule has 0 unspecified atom stereocenters. The molecule has 0 spiro atoms. The first-order valence-electron chi connectivity index (χ1n) is 10.5. The lowest BCUT2D eigenvalue weighted by molar-refractivity contribution is -0.384. The SMILES string of the molecule is CCOc1cc(/C=C2/N=C(c3ccc([N+](=O)[O-])cc3)OC2=O)ccc1OC(=O)c1ccc(Cl)cc1Cl. The van der Waals surface area contributed by atoms with Crippen molar-refractivity contribution >= 4 is 52.8 Å². The normalized spacial score (nSPS) is 13.8. The van der Waals surface area contributed by atoms with Crippen LogP contribution in [0.2, 0.25) is 10.0 Å². The summed E-state index contributed by atoms with van der Waals surface area (Å²) in [5, 5.41) is 11.4. The van der Waals surface area contributed by atoms with Crippen LogP contribution in [0.4, 0.5) is 5.69 Å². The number of nitro benzene ring substituents is 1. The Hall–Kier alpha value is -4.21. The van der Waals surface area contributed by atoms with Crippen LogP contribution < -0.4 is 9.47 Å². The molecule has 0 saturated heterocycles. The average molecular weight is 527 g/mol. The molecule has 0 amide bonds. The van der Waals surface area contributed by atoms with Gasteiger partial charge in [0.2, 0.25) is 5.90 Å². The van der Waals surface area contributed by atoms with Gasteiger partial charge in [0, 0.05) is 22.7 Å². The van der Waals surface area contributed by atoms with Crippen LogP contribution in [0.3, 0.4) is 0 Å². The Morgan fingerprint density at radius 3 is 2.50 bits per heavy atom. The van der Waals surface area contributed by atoms with Gasteiger partial charge in [-0.25, -0.2) is 14.6 Å². The maximum Gasteiger partial charge on any atom is 0.363 e. The lowest BCUT2D eigenvalue weighted by Crippen LogP contribution is -2.10. The van der Waals surface area contributed by atoms with Crippen LogP contribution in [0, 0.1) is 10.1 Å². The number of hydrogen-bond donors (Lipinski definition) is 0. The van der Waals surface area contributed by atoms with E-state index in [4.69, 9.17) is 37.4 Å². The molecular weight excluding hydrogens is 511 g/mol. The molecule has 9 nitrogen and oxygen atoms in total. The van der Waals surface area contributed by atoms with E-state index in [0.29, 0.717) is 16.1 Å². The maximum atomic E-state index is 12.6. The van der Waals surface area contributed by atoms with Crippen LogP contribution in [0.1, 0.15) is 28.4 Å². The Balaban J connectivity index is 1.58. The third-order valence-electron chi connectivity index (χ3n) is 4.87. The van der Waals surface area contributed by atoms with E-state index in [9.17, 15) is 19.7 Å². The molecule has 36 heavy (non-hydrogen) atoms. The lowest BCUT2D eigenvalue weighted by atomic mass is 10.1. The first-order chi connectivity index (χ1) is 17.2. The average Bonchev–Trinajstić information content (AvgIpc) is 3.20. The van der Waals surface area contributed by atoms with E-state index in [0.717, 1.165) is 0 Å². The summed E-state index contributed by atoms with van der Waals surface area (Å²) in [6, 6.07) is 14.6. The second kappa shape index (κ2) is 10.6. The molecular formula is C25H16Cl2N2O7. The number of nitrogens with zero attached hydrogens (tertiary/aromatic N) is 2. The van der Waals surface area contributed by atoms with Crippen molar-refractivity contribution in [3.63, 3.8) is 0 Å². The number of hydrogen-bond acceptors (Lipinski definition) is 8. The standard InChI is InChI=1S/C25H16Cl2N2O7/c1-2-34-22-12-14(3-10-21(22)35-24(30)18-9-6-16(26)13-19(18)27)11-20-25(31)36-23(28-20)15-4-7-17(8-5-15)29(32)33/h3-13H,2H2,1H3/b20-11+. The van der Waals surface area contributed by atoms with Gasteiger partial charge in [-0.05, 0) is 61.0 Å². The Bertz CT molecular complexity index is 1430. The van der Waals surface area contributed by atoms with Crippen LogP contribution in [-0.2, 0) is 9.53 Å². The summed E-state index contributed by atoms with van der Waals surface area (Å²) in [5.41, 5.74) is 1.00. The fraction of sp³-hybridized carbons (Fsp3) is 0.0800. The molecule has 0 saturated carbocycles. The van der Waals surface area contributed by atoms with Crippen LogP contribution in [0.15, 0.2) is 71.4 Å². The minimum atomic E-state index is -0.694. The molecule has 0 fully saturated rings. The number of esters is 2. The molecule has 182 valence electrons. The van der Waals surface area contributed by atoms with Crippen molar-refractivity contribution in [2.45, 2.75) is 6.92 Å². The molecule has 3 aromatic carbocycles. The number of nitro groups is 1. The summed E-state index contributed by atoms with van der Waals surface area (Å²) in [4.78, 5) is 39.4. The Morgan fingerprint density at radius 1 is 1.08 bits per heavy atom. The molecule has 0 aromatic heterocycles. The lowest BCUT2D eigenvalue weighted by Gasteiger charge is -2.12. The molecule has 0 atom stereocenters. The van der Waals surface area contributed by atoms with Crippen molar-refractivity contribution in [2.75, 3.05) is 6.61 Å². The summed E-state index contributed by atoms with van der Waals surface area (Å²) >= 11 is 12.0. The minimum absolute atomic E-state index is 0.0171. The molecule has 0 aliphatic carbocycles.